The molecule has 3 nitrogen and oxygen atoms in total. The Labute approximate surface area is 76.8 Å². The summed E-state index contributed by atoms with van der Waals surface area (Å²) in [4.78, 5) is 10.4. The summed E-state index contributed by atoms with van der Waals surface area (Å²) in [7, 11) is 0. The van der Waals surface area contributed by atoms with Crippen LogP contribution in [-0.4, -0.2) is 6.29 Å². The van der Waals surface area contributed by atoms with Gasteiger partial charge in [0, 0.05) is 5.56 Å². The standard InChI is InChI=1S/C10H11NO2/c1-2-5-13-10-4-3-8(7-12)6-9(10)11/h2-7H,11H2,1H3. The second-order valence-corrected chi connectivity index (χ2v) is 2.50. The Balaban J connectivity index is 2.91. The van der Waals surface area contributed by atoms with Crippen molar-refractivity contribution in [2.24, 2.45) is 0 Å². The highest BCUT2D eigenvalue weighted by molar-refractivity contribution is 5.78. The van der Waals surface area contributed by atoms with Gasteiger partial charge in [0.15, 0.2) is 0 Å². The average Bonchev–Trinajstić information content (AvgIpc) is 2.16. The molecule has 0 fully saturated rings. The molecule has 2 N–H and O–H groups in total. The topological polar surface area (TPSA) is 52.3 Å². The molecule has 0 saturated heterocycles. The van der Waals surface area contributed by atoms with E-state index < -0.39 is 0 Å². The predicted molar refractivity (Wildman–Crippen MR) is 51.7 cm³/mol. The number of nitrogen functional groups attached to an aromatic ring is 1. The second-order valence-electron chi connectivity index (χ2n) is 2.50. The van der Waals surface area contributed by atoms with Gasteiger partial charge in [0.1, 0.15) is 12.0 Å². The third kappa shape index (κ3) is 2.33. The maximum Gasteiger partial charge on any atom is 0.150 e. The molecule has 1 aromatic rings. The second kappa shape index (κ2) is 4.30. The molecule has 13 heavy (non-hydrogen) atoms. The zero-order valence-electron chi connectivity index (χ0n) is 7.36. The minimum absolute atomic E-state index is 0.461. The van der Waals surface area contributed by atoms with Crippen molar-refractivity contribution in [3.63, 3.8) is 0 Å². The molecule has 0 aliphatic heterocycles. The summed E-state index contributed by atoms with van der Waals surface area (Å²) in [6.07, 6.45) is 4.04. The number of ether oxygens (including phenoxy) is 1. The van der Waals surface area contributed by atoms with E-state index in [2.05, 4.69) is 0 Å². The average molecular weight is 177 g/mol. The van der Waals surface area contributed by atoms with Gasteiger partial charge in [-0.25, -0.2) is 0 Å². The smallest absolute Gasteiger partial charge is 0.150 e. The van der Waals surface area contributed by atoms with Gasteiger partial charge in [-0.1, -0.05) is 6.08 Å². The number of nitrogens with two attached hydrogens (primary N) is 1. The number of anilines is 1. The van der Waals surface area contributed by atoms with Crippen molar-refractivity contribution in [2.45, 2.75) is 6.92 Å². The van der Waals surface area contributed by atoms with Crippen LogP contribution in [0, 0.1) is 0 Å². The van der Waals surface area contributed by atoms with E-state index >= 15 is 0 Å². The number of aldehydes is 1. The summed E-state index contributed by atoms with van der Waals surface area (Å²) in [6.45, 7) is 1.84. The van der Waals surface area contributed by atoms with E-state index in [1.165, 1.54) is 6.26 Å². The molecular weight excluding hydrogens is 166 g/mol. The lowest BCUT2D eigenvalue weighted by molar-refractivity contribution is 0.112. The summed E-state index contributed by atoms with van der Waals surface area (Å²) in [6, 6.07) is 4.90. The van der Waals surface area contributed by atoms with Gasteiger partial charge < -0.3 is 10.5 Å². The van der Waals surface area contributed by atoms with Crippen molar-refractivity contribution in [1.82, 2.24) is 0 Å². The molecule has 0 heterocycles. The van der Waals surface area contributed by atoms with Gasteiger partial charge in [-0.15, -0.1) is 0 Å². The number of carbonyl (C=O) groups is 1. The van der Waals surface area contributed by atoms with Gasteiger partial charge in [-0.3, -0.25) is 4.79 Å². The Bertz CT molecular complexity index is 332. The van der Waals surface area contributed by atoms with Gasteiger partial charge in [0.2, 0.25) is 0 Å². The summed E-state index contributed by atoms with van der Waals surface area (Å²) >= 11 is 0. The van der Waals surface area contributed by atoms with E-state index in [0.717, 1.165) is 6.29 Å². The number of hydrogen-bond donors (Lipinski definition) is 1. The lowest BCUT2D eigenvalue weighted by Gasteiger charge is -2.03. The van der Waals surface area contributed by atoms with Crippen LogP contribution in [0.4, 0.5) is 5.69 Å². The maximum atomic E-state index is 10.4. The third-order valence-corrected chi connectivity index (χ3v) is 1.50. The van der Waals surface area contributed by atoms with Crippen LogP contribution < -0.4 is 10.5 Å². The van der Waals surface area contributed by atoms with E-state index in [1.54, 1.807) is 24.3 Å². The van der Waals surface area contributed by atoms with E-state index in [1.807, 2.05) is 6.92 Å². The van der Waals surface area contributed by atoms with Crippen molar-refractivity contribution in [2.75, 3.05) is 5.73 Å². The Morgan fingerprint density at radius 1 is 1.46 bits per heavy atom. The first kappa shape index (κ1) is 9.32. The number of carbonyl (C=O) groups excluding carboxylic acids is 1. The zero-order chi connectivity index (χ0) is 9.68. The van der Waals surface area contributed by atoms with Crippen LogP contribution in [0.2, 0.25) is 0 Å². The van der Waals surface area contributed by atoms with Gasteiger partial charge in [-0.05, 0) is 25.1 Å². The lowest BCUT2D eigenvalue weighted by Crippen LogP contribution is -1.92. The Morgan fingerprint density at radius 2 is 2.23 bits per heavy atom. The fraction of sp³-hybridized carbons (Fsp3) is 0.100. The number of benzene rings is 1. The minimum atomic E-state index is 0.461. The van der Waals surface area contributed by atoms with Crippen LogP contribution in [0.1, 0.15) is 17.3 Å². The van der Waals surface area contributed by atoms with Crippen LogP contribution in [0.3, 0.4) is 0 Å². The Morgan fingerprint density at radius 3 is 2.77 bits per heavy atom. The molecule has 0 amide bonds. The van der Waals surface area contributed by atoms with E-state index in [4.69, 9.17) is 10.5 Å². The van der Waals surface area contributed by atoms with Gasteiger partial charge in [-0.2, -0.15) is 0 Å². The lowest BCUT2D eigenvalue weighted by atomic mass is 10.2. The largest absolute Gasteiger partial charge is 0.463 e. The van der Waals surface area contributed by atoms with Crippen LogP contribution in [0.25, 0.3) is 0 Å². The van der Waals surface area contributed by atoms with Gasteiger partial charge >= 0.3 is 0 Å². The molecule has 0 bridgehead atoms. The monoisotopic (exact) mass is 177 g/mol. The Hall–Kier alpha value is -1.77. The van der Waals surface area contributed by atoms with E-state index in [9.17, 15) is 4.79 Å². The quantitative estimate of drug-likeness (QED) is 0.436. The zero-order valence-corrected chi connectivity index (χ0v) is 7.36. The Kier molecular flexibility index (Phi) is 3.09. The van der Waals surface area contributed by atoms with Crippen molar-refractivity contribution >= 4 is 12.0 Å². The van der Waals surface area contributed by atoms with Gasteiger partial charge in [0.25, 0.3) is 0 Å². The first-order valence-electron chi connectivity index (χ1n) is 3.90. The summed E-state index contributed by atoms with van der Waals surface area (Å²) in [5.41, 5.74) is 6.63. The summed E-state index contributed by atoms with van der Waals surface area (Å²) < 4.78 is 5.16. The molecule has 0 aliphatic carbocycles. The van der Waals surface area contributed by atoms with E-state index in [-0.39, 0.29) is 0 Å². The van der Waals surface area contributed by atoms with Gasteiger partial charge in [0.05, 0.1) is 11.9 Å². The van der Waals surface area contributed by atoms with E-state index in [0.29, 0.717) is 17.0 Å². The SMILES string of the molecule is CC=COc1ccc(C=O)cc1N. The molecule has 3 heteroatoms. The molecule has 0 atom stereocenters. The van der Waals surface area contributed by atoms with Crippen LogP contribution in [0.15, 0.2) is 30.5 Å². The third-order valence-electron chi connectivity index (χ3n) is 1.50. The van der Waals surface area contributed by atoms with Crippen molar-refractivity contribution in [3.8, 4) is 5.75 Å². The highest BCUT2D eigenvalue weighted by atomic mass is 16.5. The molecule has 68 valence electrons. The number of hydrogen-bond acceptors (Lipinski definition) is 3. The van der Waals surface area contributed by atoms with Crippen LogP contribution in [0.5, 0.6) is 5.75 Å². The molecule has 0 unspecified atom stereocenters. The van der Waals surface area contributed by atoms with Crippen molar-refractivity contribution in [3.05, 3.63) is 36.1 Å². The molecule has 0 spiro atoms. The predicted octanol–water partition coefficient (Wildman–Crippen LogP) is 1.99. The van der Waals surface area contributed by atoms with Crippen LogP contribution >= 0.6 is 0 Å². The normalized spacial score (nSPS) is 10.2. The first-order chi connectivity index (χ1) is 6.27. The number of allylic oxidation sites excluding steroid dienone is 1. The highest BCUT2D eigenvalue weighted by Gasteiger charge is 1.99. The maximum absolute atomic E-state index is 10.4. The van der Waals surface area contributed by atoms with Crippen molar-refractivity contribution in [1.29, 1.82) is 0 Å². The molecule has 0 radical (unpaired) electrons. The molecule has 0 saturated carbocycles. The molecule has 0 aromatic heterocycles. The summed E-state index contributed by atoms with van der Waals surface area (Å²) in [5.74, 6) is 0.559. The van der Waals surface area contributed by atoms with Crippen molar-refractivity contribution < 1.29 is 9.53 Å². The first-order valence-corrected chi connectivity index (χ1v) is 3.90. The minimum Gasteiger partial charge on any atom is -0.463 e. The van der Waals surface area contributed by atoms with Crippen LogP contribution in [-0.2, 0) is 0 Å². The fourth-order valence-corrected chi connectivity index (χ4v) is 0.889. The molecule has 1 aromatic carbocycles. The molecular formula is C10H11NO2. The molecule has 0 aliphatic rings. The highest BCUT2D eigenvalue weighted by Crippen LogP contribution is 2.21. The fourth-order valence-electron chi connectivity index (χ4n) is 0.889. The summed E-state index contributed by atoms with van der Waals surface area (Å²) in [5, 5.41) is 0. The molecule has 1 rings (SSSR count). The number of rotatable bonds is 3.